The number of anilines is 1. The highest BCUT2D eigenvalue weighted by molar-refractivity contribution is 5.94. The average Bonchev–Trinajstić information content (AvgIpc) is 2.60. The van der Waals surface area contributed by atoms with Gasteiger partial charge in [0.25, 0.3) is 5.91 Å². The monoisotopic (exact) mass is 314 g/mol. The van der Waals surface area contributed by atoms with Crippen molar-refractivity contribution < 1.29 is 9.53 Å². The largest absolute Gasteiger partial charge is 0.383 e. The Kier molecular flexibility index (Phi) is 6.50. The maximum Gasteiger partial charge on any atom is 0.253 e. The molecule has 0 fully saturated rings. The van der Waals surface area contributed by atoms with Crippen molar-refractivity contribution in [3.63, 3.8) is 0 Å². The van der Waals surface area contributed by atoms with Crippen molar-refractivity contribution in [3.8, 4) is 0 Å². The van der Waals surface area contributed by atoms with Crippen LogP contribution in [0, 0.1) is 0 Å². The summed E-state index contributed by atoms with van der Waals surface area (Å²) >= 11 is 0. The lowest BCUT2D eigenvalue weighted by Crippen LogP contribution is -2.29. The number of rotatable bonds is 8. The van der Waals surface area contributed by atoms with Crippen molar-refractivity contribution in [1.82, 2.24) is 14.9 Å². The second-order valence-corrected chi connectivity index (χ2v) is 5.18. The van der Waals surface area contributed by atoms with E-state index in [-0.39, 0.29) is 5.91 Å². The van der Waals surface area contributed by atoms with Crippen LogP contribution in [-0.4, -0.2) is 54.6 Å². The van der Waals surface area contributed by atoms with E-state index in [1.165, 1.54) is 0 Å². The molecule has 0 aliphatic rings. The molecule has 6 heteroatoms. The van der Waals surface area contributed by atoms with E-state index in [1.807, 2.05) is 19.2 Å². The van der Waals surface area contributed by atoms with Crippen molar-refractivity contribution in [3.05, 3.63) is 54.0 Å². The van der Waals surface area contributed by atoms with Gasteiger partial charge in [0.2, 0.25) is 0 Å². The maximum absolute atomic E-state index is 12.5. The zero-order valence-corrected chi connectivity index (χ0v) is 13.5. The summed E-state index contributed by atoms with van der Waals surface area (Å²) < 4.78 is 4.98. The Morgan fingerprint density at radius 3 is 2.78 bits per heavy atom. The van der Waals surface area contributed by atoms with E-state index in [0.29, 0.717) is 31.1 Å². The second kappa shape index (κ2) is 8.85. The fraction of sp³-hybridized carbons (Fsp3) is 0.353. The quantitative estimate of drug-likeness (QED) is 0.753. The first-order valence-electron chi connectivity index (χ1n) is 7.54. The number of ether oxygens (including phenoxy) is 1. The SMILES string of the molecule is COCCNc1cc(C(=O)N(C)CCc2ccncc2)ccn1. The number of aromatic nitrogens is 2. The van der Waals surface area contributed by atoms with E-state index >= 15 is 0 Å². The molecule has 1 amide bonds. The van der Waals surface area contributed by atoms with Gasteiger partial charge in [0.1, 0.15) is 5.82 Å². The van der Waals surface area contributed by atoms with Gasteiger partial charge < -0.3 is 15.0 Å². The molecule has 2 aromatic heterocycles. The lowest BCUT2D eigenvalue weighted by atomic mass is 10.2. The standard InChI is InChI=1S/C17H22N4O2/c1-21(11-6-14-3-7-18-8-4-14)17(22)15-5-9-19-16(13-15)20-10-12-23-2/h3-5,7-9,13H,6,10-12H2,1-2H3,(H,19,20). The molecule has 122 valence electrons. The van der Waals surface area contributed by atoms with Crippen LogP contribution in [0.2, 0.25) is 0 Å². The Bertz CT molecular complexity index is 619. The van der Waals surface area contributed by atoms with Crippen LogP contribution < -0.4 is 5.32 Å². The minimum Gasteiger partial charge on any atom is -0.383 e. The molecule has 0 radical (unpaired) electrons. The van der Waals surface area contributed by atoms with Gasteiger partial charge in [-0.1, -0.05) is 0 Å². The predicted octanol–water partition coefficient (Wildman–Crippen LogP) is 1.85. The van der Waals surface area contributed by atoms with Crippen molar-refractivity contribution in [1.29, 1.82) is 0 Å². The zero-order chi connectivity index (χ0) is 16.5. The molecule has 0 spiro atoms. The smallest absolute Gasteiger partial charge is 0.253 e. The van der Waals surface area contributed by atoms with E-state index in [4.69, 9.17) is 4.74 Å². The zero-order valence-electron chi connectivity index (χ0n) is 13.5. The molecule has 0 unspecified atom stereocenters. The molecule has 0 saturated carbocycles. The Balaban J connectivity index is 1.92. The van der Waals surface area contributed by atoms with Gasteiger partial charge >= 0.3 is 0 Å². The van der Waals surface area contributed by atoms with Gasteiger partial charge in [-0.3, -0.25) is 9.78 Å². The highest BCUT2D eigenvalue weighted by atomic mass is 16.5. The minimum absolute atomic E-state index is 0.0174. The summed E-state index contributed by atoms with van der Waals surface area (Å²) in [7, 11) is 3.45. The number of hydrogen-bond acceptors (Lipinski definition) is 5. The van der Waals surface area contributed by atoms with Gasteiger partial charge in [-0.05, 0) is 36.2 Å². The molecule has 6 nitrogen and oxygen atoms in total. The van der Waals surface area contributed by atoms with Gasteiger partial charge in [0.05, 0.1) is 6.61 Å². The molecule has 0 saturated heterocycles. The topological polar surface area (TPSA) is 67.3 Å². The lowest BCUT2D eigenvalue weighted by molar-refractivity contribution is 0.0796. The minimum atomic E-state index is -0.0174. The van der Waals surface area contributed by atoms with Gasteiger partial charge in [-0.25, -0.2) is 4.98 Å². The first kappa shape index (κ1) is 16.9. The summed E-state index contributed by atoms with van der Waals surface area (Å²) in [5.41, 5.74) is 1.79. The van der Waals surface area contributed by atoms with Crippen LogP contribution >= 0.6 is 0 Å². The number of likely N-dealkylation sites (N-methyl/N-ethyl adjacent to an activating group) is 1. The fourth-order valence-electron chi connectivity index (χ4n) is 2.11. The highest BCUT2D eigenvalue weighted by Crippen LogP contribution is 2.10. The molecular formula is C17H22N4O2. The molecule has 0 atom stereocenters. The van der Waals surface area contributed by atoms with Gasteiger partial charge in [-0.2, -0.15) is 0 Å². The van der Waals surface area contributed by atoms with Crippen molar-refractivity contribution in [2.45, 2.75) is 6.42 Å². The van der Waals surface area contributed by atoms with Crippen molar-refractivity contribution in [2.75, 3.05) is 39.2 Å². The average molecular weight is 314 g/mol. The Morgan fingerprint density at radius 2 is 2.04 bits per heavy atom. The fourth-order valence-corrected chi connectivity index (χ4v) is 2.11. The summed E-state index contributed by atoms with van der Waals surface area (Å²) in [5.74, 6) is 0.659. The number of pyridine rings is 2. The number of hydrogen-bond donors (Lipinski definition) is 1. The molecule has 23 heavy (non-hydrogen) atoms. The molecule has 2 aromatic rings. The molecule has 2 rings (SSSR count). The van der Waals surface area contributed by atoms with Crippen LogP contribution in [0.15, 0.2) is 42.9 Å². The first-order valence-corrected chi connectivity index (χ1v) is 7.54. The van der Waals surface area contributed by atoms with Crippen LogP contribution in [0.3, 0.4) is 0 Å². The number of amides is 1. The highest BCUT2D eigenvalue weighted by Gasteiger charge is 2.12. The van der Waals surface area contributed by atoms with Gasteiger partial charge in [0, 0.05) is 51.4 Å². The summed E-state index contributed by atoms with van der Waals surface area (Å²) in [4.78, 5) is 22.4. The predicted molar refractivity (Wildman–Crippen MR) is 89.5 cm³/mol. The molecule has 0 aromatic carbocycles. The van der Waals surface area contributed by atoms with Gasteiger partial charge in [0.15, 0.2) is 0 Å². The van der Waals surface area contributed by atoms with Crippen molar-refractivity contribution >= 4 is 11.7 Å². The second-order valence-electron chi connectivity index (χ2n) is 5.18. The molecule has 0 aliphatic carbocycles. The number of methoxy groups -OCH3 is 1. The van der Waals surface area contributed by atoms with Crippen molar-refractivity contribution in [2.24, 2.45) is 0 Å². The molecule has 2 heterocycles. The van der Waals surface area contributed by atoms with Crippen LogP contribution in [0.1, 0.15) is 15.9 Å². The molecule has 1 N–H and O–H groups in total. The van der Waals surface area contributed by atoms with E-state index in [1.54, 1.807) is 42.7 Å². The van der Waals surface area contributed by atoms with Crippen LogP contribution in [0.5, 0.6) is 0 Å². The summed E-state index contributed by atoms with van der Waals surface area (Å²) in [6.07, 6.45) is 5.96. The first-order chi connectivity index (χ1) is 11.2. The van der Waals surface area contributed by atoms with E-state index < -0.39 is 0 Å². The number of carbonyl (C=O) groups is 1. The lowest BCUT2D eigenvalue weighted by Gasteiger charge is -2.17. The van der Waals surface area contributed by atoms with E-state index in [0.717, 1.165) is 12.0 Å². The van der Waals surface area contributed by atoms with E-state index in [9.17, 15) is 4.79 Å². The molecule has 0 aliphatic heterocycles. The third-order valence-corrected chi connectivity index (χ3v) is 3.45. The van der Waals surface area contributed by atoms with Crippen LogP contribution in [-0.2, 0) is 11.2 Å². The van der Waals surface area contributed by atoms with Crippen LogP contribution in [0.4, 0.5) is 5.82 Å². The Hall–Kier alpha value is -2.47. The van der Waals surface area contributed by atoms with E-state index in [2.05, 4.69) is 15.3 Å². The Morgan fingerprint density at radius 1 is 1.26 bits per heavy atom. The summed E-state index contributed by atoms with van der Waals surface area (Å²) in [6.45, 7) is 1.89. The summed E-state index contributed by atoms with van der Waals surface area (Å²) in [5, 5.41) is 3.12. The summed E-state index contributed by atoms with van der Waals surface area (Å²) in [6, 6.07) is 7.42. The molecular weight excluding hydrogens is 292 g/mol. The van der Waals surface area contributed by atoms with Gasteiger partial charge in [-0.15, -0.1) is 0 Å². The third-order valence-electron chi connectivity index (χ3n) is 3.45. The Labute approximate surface area is 136 Å². The third kappa shape index (κ3) is 5.34. The van der Waals surface area contributed by atoms with Crippen LogP contribution in [0.25, 0.3) is 0 Å². The molecule has 0 bridgehead atoms. The number of nitrogens with zero attached hydrogens (tertiary/aromatic N) is 3. The number of nitrogens with one attached hydrogen (secondary N) is 1. The normalized spacial score (nSPS) is 10.3. The number of carbonyl (C=O) groups excluding carboxylic acids is 1. The maximum atomic E-state index is 12.5.